The lowest BCUT2D eigenvalue weighted by atomic mass is 10.3. The second-order valence-corrected chi connectivity index (χ2v) is 3.21. The summed E-state index contributed by atoms with van der Waals surface area (Å²) in [5.41, 5.74) is 7.76. The maximum atomic E-state index is 8.58. The Morgan fingerprint density at radius 3 is 2.88 bits per heavy atom. The molecule has 4 N–H and O–H groups in total. The third-order valence-electron chi connectivity index (χ3n) is 2.11. The summed E-state index contributed by atoms with van der Waals surface area (Å²) in [6.07, 6.45) is 3.27. The number of hydrogen-bond acceptors (Lipinski definition) is 5. The van der Waals surface area contributed by atoms with E-state index in [0.717, 1.165) is 11.3 Å². The Bertz CT molecular complexity index is 507. The minimum absolute atomic E-state index is 0.397. The summed E-state index contributed by atoms with van der Waals surface area (Å²) in [4.78, 5) is 3.94. The fourth-order valence-electron chi connectivity index (χ4n) is 1.22. The maximum Gasteiger partial charge on any atom is 0.140 e. The van der Waals surface area contributed by atoms with Crippen LogP contribution in [0.4, 0.5) is 11.5 Å². The molecule has 0 aliphatic rings. The molecule has 0 amide bonds. The van der Waals surface area contributed by atoms with E-state index in [0.29, 0.717) is 18.1 Å². The molecular formula is C10H10N6. The van der Waals surface area contributed by atoms with Gasteiger partial charge in [-0.05, 0) is 12.1 Å². The van der Waals surface area contributed by atoms with Crippen molar-refractivity contribution in [1.82, 2.24) is 15.2 Å². The Hall–Kier alpha value is -2.55. The van der Waals surface area contributed by atoms with Gasteiger partial charge in [0.25, 0.3) is 0 Å². The zero-order valence-electron chi connectivity index (χ0n) is 8.44. The normalized spacial score (nSPS) is 9.69. The zero-order chi connectivity index (χ0) is 11.4. The lowest BCUT2D eigenvalue weighted by Crippen LogP contribution is -2.01. The smallest absolute Gasteiger partial charge is 0.140 e. The Balaban J connectivity index is 2.00. The first-order valence-electron chi connectivity index (χ1n) is 4.67. The largest absolute Gasteiger partial charge is 0.384 e. The molecule has 16 heavy (non-hydrogen) atoms. The van der Waals surface area contributed by atoms with Crippen molar-refractivity contribution in [3.8, 4) is 6.07 Å². The third kappa shape index (κ3) is 2.09. The third-order valence-corrected chi connectivity index (χ3v) is 2.11. The van der Waals surface area contributed by atoms with Crippen molar-refractivity contribution in [1.29, 1.82) is 5.26 Å². The molecule has 0 aromatic carbocycles. The van der Waals surface area contributed by atoms with Crippen LogP contribution in [0.15, 0.2) is 24.5 Å². The van der Waals surface area contributed by atoms with Gasteiger partial charge in [-0.3, -0.25) is 5.10 Å². The van der Waals surface area contributed by atoms with E-state index >= 15 is 0 Å². The van der Waals surface area contributed by atoms with E-state index in [1.807, 2.05) is 6.07 Å². The number of nitrogen functional groups attached to an aromatic ring is 1. The molecule has 0 aliphatic heterocycles. The van der Waals surface area contributed by atoms with E-state index in [2.05, 4.69) is 20.5 Å². The lowest BCUT2D eigenvalue weighted by Gasteiger charge is -2.04. The monoisotopic (exact) mass is 214 g/mol. The van der Waals surface area contributed by atoms with Crippen LogP contribution >= 0.6 is 0 Å². The predicted molar refractivity (Wildman–Crippen MR) is 59.3 cm³/mol. The first kappa shape index (κ1) is 9.98. The molecule has 0 radical (unpaired) electrons. The van der Waals surface area contributed by atoms with Crippen LogP contribution in [0.1, 0.15) is 11.3 Å². The fourth-order valence-corrected chi connectivity index (χ4v) is 1.22. The fraction of sp³-hybridized carbons (Fsp3) is 0.100. The van der Waals surface area contributed by atoms with Crippen LogP contribution in [0.5, 0.6) is 0 Å². The molecule has 2 rings (SSSR count). The van der Waals surface area contributed by atoms with E-state index in [1.54, 1.807) is 24.5 Å². The van der Waals surface area contributed by atoms with E-state index < -0.39 is 0 Å². The number of rotatable bonds is 3. The molecule has 0 saturated carbocycles. The molecule has 0 aliphatic carbocycles. The van der Waals surface area contributed by atoms with Gasteiger partial charge in [0, 0.05) is 12.1 Å². The summed E-state index contributed by atoms with van der Waals surface area (Å²) in [5, 5.41) is 18.2. The van der Waals surface area contributed by atoms with Gasteiger partial charge < -0.3 is 11.1 Å². The van der Waals surface area contributed by atoms with Crippen molar-refractivity contribution in [3.63, 3.8) is 0 Å². The minimum Gasteiger partial charge on any atom is -0.384 e. The molecular weight excluding hydrogens is 204 g/mol. The van der Waals surface area contributed by atoms with Crippen LogP contribution < -0.4 is 11.1 Å². The highest BCUT2D eigenvalue weighted by atomic mass is 15.1. The highest BCUT2D eigenvalue weighted by Gasteiger charge is 2.00. The number of anilines is 2. The summed E-state index contributed by atoms with van der Waals surface area (Å²) in [6, 6.07) is 5.41. The van der Waals surface area contributed by atoms with E-state index in [9.17, 15) is 0 Å². The SMILES string of the molecule is N#Cc1ccc(NCc2cn[nH]c2N)cn1. The molecule has 2 aromatic heterocycles. The van der Waals surface area contributed by atoms with Crippen molar-refractivity contribution in [3.05, 3.63) is 35.8 Å². The van der Waals surface area contributed by atoms with Gasteiger partial charge in [0.1, 0.15) is 17.6 Å². The Kier molecular flexibility index (Phi) is 2.69. The number of nitrogens with one attached hydrogen (secondary N) is 2. The topological polar surface area (TPSA) is 103 Å². The van der Waals surface area contributed by atoms with Crippen molar-refractivity contribution < 1.29 is 0 Å². The number of nitriles is 1. The predicted octanol–water partition coefficient (Wildman–Crippen LogP) is 0.871. The second kappa shape index (κ2) is 4.31. The van der Waals surface area contributed by atoms with Crippen LogP contribution in [0.2, 0.25) is 0 Å². The summed E-state index contributed by atoms with van der Waals surface area (Å²) >= 11 is 0. The number of hydrogen-bond donors (Lipinski definition) is 3. The summed E-state index contributed by atoms with van der Waals surface area (Å²) in [5.74, 6) is 0.550. The van der Waals surface area contributed by atoms with Crippen LogP contribution in [-0.4, -0.2) is 15.2 Å². The number of aromatic amines is 1. The minimum atomic E-state index is 0.397. The molecule has 0 unspecified atom stereocenters. The number of pyridine rings is 1. The maximum absolute atomic E-state index is 8.58. The van der Waals surface area contributed by atoms with Gasteiger partial charge in [-0.25, -0.2) is 4.98 Å². The van der Waals surface area contributed by atoms with E-state index in [-0.39, 0.29) is 0 Å². The van der Waals surface area contributed by atoms with Gasteiger partial charge in [0.15, 0.2) is 0 Å². The second-order valence-electron chi connectivity index (χ2n) is 3.21. The average molecular weight is 214 g/mol. The average Bonchev–Trinajstić information content (AvgIpc) is 2.73. The van der Waals surface area contributed by atoms with E-state index in [4.69, 9.17) is 11.0 Å². The Morgan fingerprint density at radius 1 is 1.44 bits per heavy atom. The van der Waals surface area contributed by atoms with Crippen molar-refractivity contribution in [2.45, 2.75) is 6.54 Å². The summed E-state index contributed by atoms with van der Waals surface area (Å²) < 4.78 is 0. The van der Waals surface area contributed by atoms with Gasteiger partial charge in [0.2, 0.25) is 0 Å². The summed E-state index contributed by atoms with van der Waals surface area (Å²) in [6.45, 7) is 0.565. The quantitative estimate of drug-likeness (QED) is 0.703. The number of H-pyrrole nitrogens is 1. The molecule has 6 heteroatoms. The van der Waals surface area contributed by atoms with Gasteiger partial charge in [0.05, 0.1) is 18.1 Å². The van der Waals surface area contributed by atoms with Crippen LogP contribution in [-0.2, 0) is 6.54 Å². The van der Waals surface area contributed by atoms with Crippen molar-refractivity contribution in [2.75, 3.05) is 11.1 Å². The van der Waals surface area contributed by atoms with Crippen LogP contribution in [0, 0.1) is 11.3 Å². The van der Waals surface area contributed by atoms with Gasteiger partial charge in [-0.2, -0.15) is 10.4 Å². The van der Waals surface area contributed by atoms with Crippen molar-refractivity contribution >= 4 is 11.5 Å². The molecule has 0 atom stereocenters. The first-order chi connectivity index (χ1) is 7.79. The first-order valence-corrected chi connectivity index (χ1v) is 4.67. The molecule has 0 fully saturated rings. The highest BCUT2D eigenvalue weighted by Crippen LogP contribution is 2.11. The highest BCUT2D eigenvalue weighted by molar-refractivity contribution is 5.45. The van der Waals surface area contributed by atoms with Gasteiger partial charge >= 0.3 is 0 Å². The molecule has 6 nitrogen and oxygen atoms in total. The van der Waals surface area contributed by atoms with Crippen LogP contribution in [0.3, 0.4) is 0 Å². The molecule has 2 aromatic rings. The molecule has 0 bridgehead atoms. The number of nitrogens with zero attached hydrogens (tertiary/aromatic N) is 3. The van der Waals surface area contributed by atoms with Gasteiger partial charge in [-0.1, -0.05) is 0 Å². The molecule has 0 spiro atoms. The molecule has 80 valence electrons. The van der Waals surface area contributed by atoms with E-state index in [1.165, 1.54) is 0 Å². The van der Waals surface area contributed by atoms with Crippen LogP contribution in [0.25, 0.3) is 0 Å². The molecule has 0 saturated heterocycles. The Morgan fingerprint density at radius 2 is 2.31 bits per heavy atom. The Labute approximate surface area is 92.1 Å². The standard InChI is InChI=1S/C10H10N6/c11-3-8-1-2-9(6-14-8)13-4-7-5-15-16-10(7)12/h1-2,5-6,13H,4H2,(H3,12,15,16). The number of aromatic nitrogens is 3. The summed E-state index contributed by atoms with van der Waals surface area (Å²) in [7, 11) is 0. The number of nitrogens with two attached hydrogens (primary N) is 1. The zero-order valence-corrected chi connectivity index (χ0v) is 8.44. The molecule has 2 heterocycles. The van der Waals surface area contributed by atoms with Crippen molar-refractivity contribution in [2.24, 2.45) is 0 Å². The lowest BCUT2D eigenvalue weighted by molar-refractivity contribution is 1.10. The van der Waals surface area contributed by atoms with Gasteiger partial charge in [-0.15, -0.1) is 0 Å².